The average Bonchev–Trinajstić information content (AvgIpc) is 2.37. The van der Waals surface area contributed by atoms with Crippen LogP contribution < -0.4 is 59.1 Å². The van der Waals surface area contributed by atoms with E-state index < -0.39 is 20.2 Å². The van der Waals surface area contributed by atoms with E-state index in [-0.39, 0.29) is 59.1 Å². The second-order valence-corrected chi connectivity index (χ2v) is 7.13. The van der Waals surface area contributed by atoms with E-state index >= 15 is 0 Å². The third kappa shape index (κ3) is 24.1. The van der Waals surface area contributed by atoms with Crippen LogP contribution in [0.5, 0.6) is 0 Å². The Hall–Kier alpha value is 0.120. The van der Waals surface area contributed by atoms with Gasteiger partial charge in [-0.05, 0) is 31.2 Å². The third-order valence-corrected chi connectivity index (χ3v) is 1.87. The molecule has 0 atom stereocenters. The number of hydrogen-bond acceptors (Lipinski definition) is 8. The van der Waals surface area contributed by atoms with Crippen LogP contribution in [0.4, 0.5) is 0 Å². The topological polar surface area (TPSA) is 140 Å². The first kappa shape index (κ1) is 29.9. The van der Waals surface area contributed by atoms with Gasteiger partial charge in [-0.2, -0.15) is 0 Å². The van der Waals surface area contributed by atoms with Gasteiger partial charge in [0.15, 0.2) is 0 Å². The molecule has 0 bridgehead atoms. The number of aromatic nitrogens is 2. The van der Waals surface area contributed by atoms with Crippen molar-refractivity contribution in [2.24, 2.45) is 0 Å². The summed E-state index contributed by atoms with van der Waals surface area (Å²) in [7, 11) is -7.83. The quantitative estimate of drug-likeness (QED) is 0.338. The third-order valence-electron chi connectivity index (χ3n) is 1.87. The Kier molecular flexibility index (Phi) is 17.0. The van der Waals surface area contributed by atoms with Crippen LogP contribution in [0.1, 0.15) is 5.69 Å². The SMILES string of the molecule is CS(=O)(=O)[O-].CS(=O)(=O)[O-].Cc1ccc(-c2ccccn2)cn1.[Na+].[Na+]. The van der Waals surface area contributed by atoms with Gasteiger partial charge < -0.3 is 9.11 Å². The van der Waals surface area contributed by atoms with Crippen LogP contribution in [0, 0.1) is 6.92 Å². The molecular formula is C13H16N2Na2O6S2. The van der Waals surface area contributed by atoms with Crippen molar-refractivity contribution < 1.29 is 85.1 Å². The van der Waals surface area contributed by atoms with Crippen LogP contribution in [0.25, 0.3) is 11.3 Å². The minimum Gasteiger partial charge on any atom is -0.748 e. The molecule has 0 amide bonds. The molecule has 0 saturated carbocycles. The number of nitrogens with zero attached hydrogens (tertiary/aromatic N) is 2. The fourth-order valence-corrected chi connectivity index (χ4v) is 1.15. The van der Waals surface area contributed by atoms with Crippen molar-refractivity contribution in [3.63, 3.8) is 0 Å². The van der Waals surface area contributed by atoms with Gasteiger partial charge in [0.25, 0.3) is 0 Å². The maximum atomic E-state index is 9.08. The molecule has 0 aromatic carbocycles. The minimum absolute atomic E-state index is 0. The smallest absolute Gasteiger partial charge is 0.748 e. The van der Waals surface area contributed by atoms with Crippen LogP contribution in [0.2, 0.25) is 0 Å². The van der Waals surface area contributed by atoms with Gasteiger partial charge in [-0.15, -0.1) is 0 Å². The normalized spacial score (nSPS) is 9.80. The van der Waals surface area contributed by atoms with Crippen molar-refractivity contribution in [2.75, 3.05) is 12.5 Å². The van der Waals surface area contributed by atoms with Crippen molar-refractivity contribution in [3.05, 3.63) is 48.4 Å². The Morgan fingerprint density at radius 1 is 0.840 bits per heavy atom. The zero-order chi connectivity index (χ0) is 18.1. The van der Waals surface area contributed by atoms with E-state index in [1.54, 1.807) is 6.20 Å². The first-order valence-electron chi connectivity index (χ1n) is 6.02. The van der Waals surface area contributed by atoms with E-state index in [1.807, 2.05) is 43.5 Å². The summed E-state index contributed by atoms with van der Waals surface area (Å²) in [5.74, 6) is 0. The van der Waals surface area contributed by atoms with E-state index in [1.165, 1.54) is 0 Å². The summed E-state index contributed by atoms with van der Waals surface area (Å²) in [6.45, 7) is 1.97. The molecule has 0 saturated heterocycles. The Morgan fingerprint density at radius 2 is 1.32 bits per heavy atom. The molecule has 0 fully saturated rings. The Balaban J connectivity index is -0.000000345. The molecule has 0 aliphatic rings. The van der Waals surface area contributed by atoms with Crippen LogP contribution in [-0.4, -0.2) is 48.4 Å². The molecule has 128 valence electrons. The van der Waals surface area contributed by atoms with Gasteiger partial charge in [-0.25, -0.2) is 16.8 Å². The molecule has 0 radical (unpaired) electrons. The Morgan fingerprint density at radius 3 is 1.64 bits per heavy atom. The van der Waals surface area contributed by atoms with E-state index in [0.717, 1.165) is 17.0 Å². The molecule has 0 aliphatic heterocycles. The molecule has 2 rings (SSSR count). The predicted octanol–water partition coefficient (Wildman–Crippen LogP) is -5.22. The van der Waals surface area contributed by atoms with Gasteiger partial charge in [0, 0.05) is 36.2 Å². The summed E-state index contributed by atoms with van der Waals surface area (Å²) in [6.07, 6.45) is 4.84. The van der Waals surface area contributed by atoms with Crippen LogP contribution in [0.15, 0.2) is 42.7 Å². The summed E-state index contributed by atoms with van der Waals surface area (Å²) in [4.78, 5) is 8.45. The van der Waals surface area contributed by atoms with Crippen LogP contribution in [0.3, 0.4) is 0 Å². The standard InChI is InChI=1S/C11H10N2.2CH4O3S.2Na/c1-9-5-6-10(8-13-9)11-4-2-3-7-12-11;2*1-5(2,3)4;;/h2-8H,1H3;2*1H3,(H,2,3,4);;/q;;;2*+1/p-2. The molecule has 8 nitrogen and oxygen atoms in total. The van der Waals surface area contributed by atoms with Gasteiger partial charge in [-0.1, -0.05) is 6.07 Å². The van der Waals surface area contributed by atoms with Gasteiger partial charge in [0.05, 0.1) is 25.9 Å². The van der Waals surface area contributed by atoms with Gasteiger partial charge in [0.1, 0.15) is 0 Å². The van der Waals surface area contributed by atoms with E-state index in [9.17, 15) is 0 Å². The van der Waals surface area contributed by atoms with Crippen molar-refractivity contribution in [3.8, 4) is 11.3 Å². The number of aryl methyl sites for hydroxylation is 1. The summed E-state index contributed by atoms with van der Waals surface area (Å²) in [5.41, 5.74) is 3.06. The zero-order valence-corrected chi connectivity index (χ0v) is 20.3. The first-order valence-corrected chi connectivity index (χ1v) is 9.65. The fourth-order valence-electron chi connectivity index (χ4n) is 1.15. The summed E-state index contributed by atoms with van der Waals surface area (Å²) >= 11 is 0. The van der Waals surface area contributed by atoms with E-state index in [4.69, 9.17) is 25.9 Å². The molecule has 0 spiro atoms. The number of pyridine rings is 2. The monoisotopic (exact) mass is 406 g/mol. The molecule has 12 heteroatoms. The molecule has 2 aromatic heterocycles. The van der Waals surface area contributed by atoms with Crippen LogP contribution in [-0.2, 0) is 20.2 Å². The Bertz CT molecular complexity index is 752. The summed E-state index contributed by atoms with van der Waals surface area (Å²) in [6, 6.07) is 9.88. The maximum Gasteiger partial charge on any atom is 1.00 e. The summed E-state index contributed by atoms with van der Waals surface area (Å²) < 4.78 is 54.5. The minimum atomic E-state index is -3.92. The maximum absolute atomic E-state index is 9.08. The predicted molar refractivity (Wildman–Crippen MR) is 83.4 cm³/mol. The molecule has 2 heterocycles. The van der Waals surface area contributed by atoms with Crippen molar-refractivity contribution in [1.29, 1.82) is 0 Å². The number of rotatable bonds is 1. The van der Waals surface area contributed by atoms with E-state index in [2.05, 4.69) is 9.97 Å². The Labute approximate surface area is 192 Å². The van der Waals surface area contributed by atoms with Gasteiger partial charge in [0.2, 0.25) is 0 Å². The number of hydrogen-bond donors (Lipinski definition) is 0. The van der Waals surface area contributed by atoms with Crippen LogP contribution >= 0.6 is 0 Å². The van der Waals surface area contributed by atoms with Gasteiger partial charge >= 0.3 is 59.1 Å². The second-order valence-electron chi connectivity index (χ2n) is 4.31. The molecular weight excluding hydrogens is 390 g/mol. The average molecular weight is 406 g/mol. The van der Waals surface area contributed by atoms with Crippen molar-refractivity contribution >= 4 is 20.2 Å². The fraction of sp³-hybridized carbons (Fsp3) is 0.231. The molecule has 25 heavy (non-hydrogen) atoms. The largest absolute Gasteiger partial charge is 1.00 e. The summed E-state index contributed by atoms with van der Waals surface area (Å²) in [5, 5.41) is 0. The first-order chi connectivity index (χ1) is 10.4. The van der Waals surface area contributed by atoms with Crippen molar-refractivity contribution in [1.82, 2.24) is 9.97 Å². The second kappa shape index (κ2) is 14.2. The van der Waals surface area contributed by atoms with Gasteiger partial charge in [-0.3, -0.25) is 9.97 Å². The molecule has 0 unspecified atom stereocenters. The van der Waals surface area contributed by atoms with Crippen molar-refractivity contribution in [2.45, 2.75) is 6.92 Å². The molecule has 2 aromatic rings. The molecule has 0 aliphatic carbocycles. The van der Waals surface area contributed by atoms with E-state index in [0.29, 0.717) is 12.5 Å². The zero-order valence-electron chi connectivity index (χ0n) is 14.7. The molecule has 0 N–H and O–H groups in total.